The van der Waals surface area contributed by atoms with Gasteiger partial charge in [-0.3, -0.25) is 0 Å². The van der Waals surface area contributed by atoms with Crippen LogP contribution < -0.4 is 0 Å². The van der Waals surface area contributed by atoms with Gasteiger partial charge >= 0.3 is 6.09 Å². The Hall–Kier alpha value is -1.77. The normalized spacial score (nSPS) is 28.8. The molecule has 27 heavy (non-hydrogen) atoms. The Bertz CT molecular complexity index is 639. The molecule has 1 aliphatic carbocycles. The molecule has 0 spiro atoms. The van der Waals surface area contributed by atoms with Gasteiger partial charge in [0.2, 0.25) is 0 Å². The lowest BCUT2D eigenvalue weighted by molar-refractivity contribution is -0.0192. The summed E-state index contributed by atoms with van der Waals surface area (Å²) >= 11 is 0. The molecule has 0 radical (unpaired) electrons. The summed E-state index contributed by atoms with van der Waals surface area (Å²) in [6.07, 6.45) is 8.04. The number of carbonyl (C=O) groups is 1. The third kappa shape index (κ3) is 4.39. The van der Waals surface area contributed by atoms with Gasteiger partial charge in [0.1, 0.15) is 6.10 Å². The summed E-state index contributed by atoms with van der Waals surface area (Å²) in [6, 6.07) is 10.9. The van der Waals surface area contributed by atoms with E-state index in [1.165, 1.54) is 12.0 Å². The van der Waals surface area contributed by atoms with Gasteiger partial charge in [-0.25, -0.2) is 4.79 Å². The Morgan fingerprint density at radius 2 is 2.00 bits per heavy atom. The molecule has 1 heterocycles. The highest BCUT2D eigenvalue weighted by Crippen LogP contribution is 2.44. The molecule has 0 bridgehead atoms. The van der Waals surface area contributed by atoms with E-state index in [1.54, 1.807) is 0 Å². The lowest BCUT2D eigenvalue weighted by atomic mass is 9.64. The van der Waals surface area contributed by atoms with E-state index in [2.05, 4.69) is 57.7 Å². The maximum atomic E-state index is 13.0. The molecule has 1 aromatic rings. The number of amides is 1. The van der Waals surface area contributed by atoms with Crippen LogP contribution in [0.15, 0.2) is 43.0 Å². The van der Waals surface area contributed by atoms with E-state index in [0.717, 1.165) is 38.6 Å². The highest BCUT2D eigenvalue weighted by molar-refractivity contribution is 5.68. The molecule has 2 aliphatic rings. The maximum absolute atomic E-state index is 13.0. The molecule has 1 aromatic carbocycles. The SMILES string of the molecule is C=CC[C@H]1CCCN1C(=O)O[C@@H]1C[C@H](C)CC[C@H]1C(C)(C)c1ccccc1. The van der Waals surface area contributed by atoms with Gasteiger partial charge in [0, 0.05) is 18.5 Å². The summed E-state index contributed by atoms with van der Waals surface area (Å²) in [5.41, 5.74) is 1.31. The monoisotopic (exact) mass is 369 g/mol. The number of benzene rings is 1. The van der Waals surface area contributed by atoms with Gasteiger partial charge in [-0.1, -0.05) is 63.6 Å². The molecule has 1 saturated heterocycles. The van der Waals surface area contributed by atoms with Crippen LogP contribution in [0.1, 0.15) is 64.9 Å². The van der Waals surface area contributed by atoms with Crippen molar-refractivity contribution in [2.24, 2.45) is 11.8 Å². The minimum Gasteiger partial charge on any atom is -0.446 e. The molecular formula is C24H35NO2. The molecule has 1 saturated carbocycles. The number of nitrogens with zero attached hydrogens (tertiary/aromatic N) is 1. The molecule has 3 nitrogen and oxygen atoms in total. The van der Waals surface area contributed by atoms with Crippen molar-refractivity contribution in [3.63, 3.8) is 0 Å². The first-order valence-corrected chi connectivity index (χ1v) is 10.6. The van der Waals surface area contributed by atoms with Crippen LogP contribution in [0.2, 0.25) is 0 Å². The smallest absolute Gasteiger partial charge is 0.410 e. The first-order chi connectivity index (χ1) is 12.9. The predicted octanol–water partition coefficient (Wildman–Crippen LogP) is 5.95. The summed E-state index contributed by atoms with van der Waals surface area (Å²) in [7, 11) is 0. The van der Waals surface area contributed by atoms with Crippen LogP contribution in [-0.4, -0.2) is 29.7 Å². The number of ether oxygens (including phenoxy) is 1. The fourth-order valence-corrected chi connectivity index (χ4v) is 5.08. The lowest BCUT2D eigenvalue weighted by Gasteiger charge is -2.44. The van der Waals surface area contributed by atoms with E-state index in [-0.39, 0.29) is 23.7 Å². The quantitative estimate of drug-likeness (QED) is 0.601. The zero-order valence-electron chi connectivity index (χ0n) is 17.2. The van der Waals surface area contributed by atoms with E-state index in [0.29, 0.717) is 11.8 Å². The second kappa shape index (κ2) is 8.50. The van der Waals surface area contributed by atoms with Crippen molar-refractivity contribution in [2.45, 2.75) is 76.9 Å². The van der Waals surface area contributed by atoms with E-state index in [9.17, 15) is 4.79 Å². The Balaban J connectivity index is 1.76. The number of hydrogen-bond donors (Lipinski definition) is 0. The first kappa shape index (κ1) is 20.0. The number of carbonyl (C=O) groups excluding carboxylic acids is 1. The second-order valence-corrected chi connectivity index (χ2v) is 9.05. The second-order valence-electron chi connectivity index (χ2n) is 9.05. The van der Waals surface area contributed by atoms with Crippen molar-refractivity contribution < 1.29 is 9.53 Å². The number of rotatable bonds is 5. The summed E-state index contributed by atoms with van der Waals surface area (Å²) in [6.45, 7) is 11.5. The maximum Gasteiger partial charge on any atom is 0.410 e. The van der Waals surface area contributed by atoms with Crippen molar-refractivity contribution in [2.75, 3.05) is 6.54 Å². The van der Waals surface area contributed by atoms with Crippen LogP contribution in [0.4, 0.5) is 4.79 Å². The van der Waals surface area contributed by atoms with E-state index in [4.69, 9.17) is 4.74 Å². The predicted molar refractivity (Wildman–Crippen MR) is 111 cm³/mol. The molecule has 3 rings (SSSR count). The summed E-state index contributed by atoms with van der Waals surface area (Å²) < 4.78 is 6.20. The molecule has 3 heteroatoms. The van der Waals surface area contributed by atoms with Crippen molar-refractivity contribution in [3.8, 4) is 0 Å². The van der Waals surface area contributed by atoms with Gasteiger partial charge in [-0.2, -0.15) is 0 Å². The van der Waals surface area contributed by atoms with Gasteiger partial charge in [-0.05, 0) is 49.0 Å². The van der Waals surface area contributed by atoms with Crippen molar-refractivity contribution in [1.29, 1.82) is 0 Å². The third-order valence-corrected chi connectivity index (χ3v) is 6.80. The van der Waals surface area contributed by atoms with Gasteiger partial charge < -0.3 is 9.64 Å². The summed E-state index contributed by atoms with van der Waals surface area (Å²) in [5.74, 6) is 0.952. The highest BCUT2D eigenvalue weighted by atomic mass is 16.6. The minimum absolute atomic E-state index is 0.0126. The molecule has 1 amide bonds. The van der Waals surface area contributed by atoms with Crippen molar-refractivity contribution >= 4 is 6.09 Å². The molecular weight excluding hydrogens is 334 g/mol. The number of hydrogen-bond acceptors (Lipinski definition) is 2. The van der Waals surface area contributed by atoms with Crippen LogP contribution in [0.3, 0.4) is 0 Å². The summed E-state index contributed by atoms with van der Waals surface area (Å²) in [4.78, 5) is 14.9. The number of likely N-dealkylation sites (tertiary alicyclic amines) is 1. The molecule has 1 aliphatic heterocycles. The Labute approximate surface area is 164 Å². The molecule has 0 N–H and O–H groups in total. The standard InChI is InChI=1S/C24H35NO2/c1-5-10-20-13-9-16-25(20)23(26)27-22-17-18(2)14-15-21(22)24(3,4)19-11-7-6-8-12-19/h5-8,11-12,18,20-22H,1,9-10,13-17H2,2-4H3/t18-,20+,21-,22-/m1/s1. The average molecular weight is 370 g/mol. The Morgan fingerprint density at radius 3 is 2.70 bits per heavy atom. The van der Waals surface area contributed by atoms with E-state index < -0.39 is 0 Å². The van der Waals surface area contributed by atoms with Crippen LogP contribution in [-0.2, 0) is 10.2 Å². The third-order valence-electron chi connectivity index (χ3n) is 6.80. The van der Waals surface area contributed by atoms with Gasteiger partial charge in [0.15, 0.2) is 0 Å². The Kier molecular flexibility index (Phi) is 6.29. The fourth-order valence-electron chi connectivity index (χ4n) is 5.08. The van der Waals surface area contributed by atoms with Gasteiger partial charge in [0.25, 0.3) is 0 Å². The molecule has 0 aromatic heterocycles. The fraction of sp³-hybridized carbons (Fsp3) is 0.625. The zero-order valence-corrected chi connectivity index (χ0v) is 17.2. The Morgan fingerprint density at radius 1 is 1.26 bits per heavy atom. The molecule has 2 fully saturated rings. The lowest BCUT2D eigenvalue weighted by Crippen LogP contribution is -2.46. The largest absolute Gasteiger partial charge is 0.446 e. The van der Waals surface area contributed by atoms with Crippen LogP contribution in [0.25, 0.3) is 0 Å². The zero-order chi connectivity index (χ0) is 19.4. The molecule has 0 unspecified atom stereocenters. The first-order valence-electron chi connectivity index (χ1n) is 10.6. The van der Waals surface area contributed by atoms with E-state index in [1.807, 2.05) is 11.0 Å². The topological polar surface area (TPSA) is 29.5 Å². The summed E-state index contributed by atoms with van der Waals surface area (Å²) in [5, 5.41) is 0. The average Bonchev–Trinajstić information content (AvgIpc) is 3.11. The molecule has 4 atom stereocenters. The van der Waals surface area contributed by atoms with Crippen molar-refractivity contribution in [1.82, 2.24) is 4.90 Å². The minimum atomic E-state index is -0.118. The van der Waals surface area contributed by atoms with E-state index >= 15 is 0 Å². The van der Waals surface area contributed by atoms with Gasteiger partial charge in [0.05, 0.1) is 0 Å². The highest BCUT2D eigenvalue weighted by Gasteiger charge is 2.43. The van der Waals surface area contributed by atoms with Crippen LogP contribution >= 0.6 is 0 Å². The van der Waals surface area contributed by atoms with Crippen LogP contribution in [0.5, 0.6) is 0 Å². The molecule has 148 valence electrons. The van der Waals surface area contributed by atoms with Crippen LogP contribution in [0, 0.1) is 11.8 Å². The van der Waals surface area contributed by atoms with Crippen molar-refractivity contribution in [3.05, 3.63) is 48.6 Å². The van der Waals surface area contributed by atoms with Gasteiger partial charge in [-0.15, -0.1) is 6.58 Å².